The summed E-state index contributed by atoms with van der Waals surface area (Å²) in [6.45, 7) is 4.96. The second-order valence-electron chi connectivity index (χ2n) is 5.48. The highest BCUT2D eigenvalue weighted by Gasteiger charge is 2.48. The zero-order chi connectivity index (χ0) is 13.3. The molecule has 1 fully saturated rings. The Morgan fingerprint density at radius 1 is 1.33 bits per heavy atom. The summed E-state index contributed by atoms with van der Waals surface area (Å²) in [6.07, 6.45) is 2.44. The molecule has 1 saturated carbocycles. The lowest BCUT2D eigenvalue weighted by molar-refractivity contribution is 0.365. The Morgan fingerprint density at radius 2 is 1.89 bits per heavy atom. The molecule has 18 heavy (non-hydrogen) atoms. The largest absolute Gasteiger partial charge is 0.496 e. The molecule has 3 N–H and O–H groups in total. The van der Waals surface area contributed by atoms with Crippen molar-refractivity contribution in [3.8, 4) is 5.75 Å². The highest BCUT2D eigenvalue weighted by Crippen LogP contribution is 2.54. The molecule has 2 rings (SSSR count). The highest BCUT2D eigenvalue weighted by molar-refractivity contribution is 5.45. The first-order valence-electron chi connectivity index (χ1n) is 6.60. The Hall–Kier alpha value is -1.06. The number of hydrogen-bond donors (Lipinski definition) is 2. The Kier molecular flexibility index (Phi) is 3.64. The Balaban J connectivity index is 2.38. The molecule has 1 aliphatic carbocycles. The van der Waals surface area contributed by atoms with Crippen LogP contribution in [0, 0.1) is 19.3 Å². The summed E-state index contributed by atoms with van der Waals surface area (Å²) in [6, 6.07) is 4.80. The monoisotopic (exact) mass is 248 g/mol. The van der Waals surface area contributed by atoms with Crippen molar-refractivity contribution in [2.45, 2.75) is 32.7 Å². The predicted octanol–water partition coefficient (Wildman–Crippen LogP) is 2.31. The molecule has 0 radical (unpaired) electrons. The minimum atomic E-state index is 0.266. The minimum Gasteiger partial charge on any atom is -0.496 e. The average Bonchev–Trinajstić information content (AvgIpc) is 3.11. The smallest absolute Gasteiger partial charge is 0.124 e. The van der Waals surface area contributed by atoms with Crippen molar-refractivity contribution in [3.05, 3.63) is 28.8 Å². The van der Waals surface area contributed by atoms with Crippen LogP contribution >= 0.6 is 0 Å². The molecule has 0 aliphatic heterocycles. The molecule has 0 aromatic heterocycles. The molecule has 3 nitrogen and oxygen atoms in total. The quantitative estimate of drug-likeness (QED) is 0.840. The van der Waals surface area contributed by atoms with Crippen LogP contribution in [0.5, 0.6) is 5.75 Å². The third-order valence-corrected chi connectivity index (χ3v) is 4.22. The first-order valence-corrected chi connectivity index (χ1v) is 6.60. The lowest BCUT2D eigenvalue weighted by atomic mass is 9.88. The van der Waals surface area contributed by atoms with Crippen molar-refractivity contribution in [1.29, 1.82) is 0 Å². The molecule has 100 valence electrons. The van der Waals surface area contributed by atoms with Crippen molar-refractivity contribution in [2.75, 3.05) is 20.7 Å². The highest BCUT2D eigenvalue weighted by atomic mass is 16.5. The van der Waals surface area contributed by atoms with E-state index < -0.39 is 0 Å². The Morgan fingerprint density at radius 3 is 2.22 bits per heavy atom. The van der Waals surface area contributed by atoms with Gasteiger partial charge in [-0.2, -0.15) is 0 Å². The summed E-state index contributed by atoms with van der Waals surface area (Å²) >= 11 is 0. The zero-order valence-corrected chi connectivity index (χ0v) is 11.8. The molecule has 0 heterocycles. The van der Waals surface area contributed by atoms with E-state index in [0.29, 0.717) is 6.04 Å². The van der Waals surface area contributed by atoms with E-state index in [9.17, 15) is 0 Å². The lowest BCUT2D eigenvalue weighted by Gasteiger charge is -2.27. The topological polar surface area (TPSA) is 47.3 Å². The van der Waals surface area contributed by atoms with E-state index in [2.05, 4.69) is 31.3 Å². The number of benzene rings is 1. The summed E-state index contributed by atoms with van der Waals surface area (Å²) in [5.41, 5.74) is 9.94. The number of rotatable bonds is 5. The fourth-order valence-electron chi connectivity index (χ4n) is 3.07. The molecule has 0 amide bonds. The third kappa shape index (κ3) is 2.13. The van der Waals surface area contributed by atoms with Crippen molar-refractivity contribution >= 4 is 0 Å². The molecule has 0 saturated heterocycles. The summed E-state index contributed by atoms with van der Waals surface area (Å²) in [7, 11) is 3.75. The number of nitrogens with two attached hydrogens (primary N) is 1. The second-order valence-corrected chi connectivity index (χ2v) is 5.48. The molecule has 1 unspecified atom stereocenters. The Labute approximate surface area is 110 Å². The van der Waals surface area contributed by atoms with Crippen molar-refractivity contribution in [2.24, 2.45) is 11.1 Å². The number of nitrogens with one attached hydrogen (secondary N) is 1. The molecular formula is C15H24N2O. The van der Waals surface area contributed by atoms with E-state index in [1.54, 1.807) is 7.11 Å². The maximum Gasteiger partial charge on any atom is 0.124 e. The van der Waals surface area contributed by atoms with E-state index in [-0.39, 0.29) is 5.41 Å². The number of methoxy groups -OCH3 is 1. The van der Waals surface area contributed by atoms with E-state index >= 15 is 0 Å². The molecule has 1 aliphatic rings. The van der Waals surface area contributed by atoms with Crippen LogP contribution in [0.2, 0.25) is 0 Å². The van der Waals surface area contributed by atoms with Crippen LogP contribution in [0.3, 0.4) is 0 Å². The van der Waals surface area contributed by atoms with Gasteiger partial charge in [0.1, 0.15) is 5.75 Å². The molecular weight excluding hydrogens is 224 g/mol. The molecule has 1 aromatic rings. The van der Waals surface area contributed by atoms with Gasteiger partial charge in [-0.15, -0.1) is 0 Å². The van der Waals surface area contributed by atoms with Gasteiger partial charge >= 0.3 is 0 Å². The lowest BCUT2D eigenvalue weighted by Crippen LogP contribution is -2.32. The SMILES string of the molecule is CNC(c1cc(C)c(OC)c(C)c1)C1(CN)CC1. The van der Waals surface area contributed by atoms with Crippen LogP contribution < -0.4 is 15.8 Å². The normalized spacial score (nSPS) is 18.5. The van der Waals surface area contributed by atoms with Crippen LogP contribution in [-0.4, -0.2) is 20.7 Å². The van der Waals surface area contributed by atoms with Gasteiger partial charge in [0.05, 0.1) is 7.11 Å². The summed E-state index contributed by atoms with van der Waals surface area (Å²) in [4.78, 5) is 0. The number of aryl methyl sites for hydroxylation is 2. The van der Waals surface area contributed by atoms with Gasteiger partial charge in [0.25, 0.3) is 0 Å². The standard InChI is InChI=1S/C15H24N2O/c1-10-7-12(8-11(2)13(10)18-4)14(17-3)15(9-16)5-6-15/h7-8,14,17H,5-6,9,16H2,1-4H3. The summed E-state index contributed by atoms with van der Waals surface area (Å²) < 4.78 is 5.43. The van der Waals surface area contributed by atoms with Gasteiger partial charge in [0.15, 0.2) is 0 Å². The average molecular weight is 248 g/mol. The maximum atomic E-state index is 5.95. The fourth-order valence-corrected chi connectivity index (χ4v) is 3.07. The summed E-state index contributed by atoms with van der Waals surface area (Å²) in [5.74, 6) is 0.992. The number of ether oxygens (including phenoxy) is 1. The zero-order valence-electron chi connectivity index (χ0n) is 11.8. The number of hydrogen-bond acceptors (Lipinski definition) is 3. The van der Waals surface area contributed by atoms with Crippen molar-refractivity contribution in [1.82, 2.24) is 5.32 Å². The van der Waals surface area contributed by atoms with Gasteiger partial charge < -0.3 is 15.8 Å². The van der Waals surface area contributed by atoms with Gasteiger partial charge in [0, 0.05) is 11.5 Å². The van der Waals surface area contributed by atoms with E-state index in [0.717, 1.165) is 12.3 Å². The third-order valence-electron chi connectivity index (χ3n) is 4.22. The molecule has 1 atom stereocenters. The fraction of sp³-hybridized carbons (Fsp3) is 0.600. The minimum absolute atomic E-state index is 0.266. The van der Waals surface area contributed by atoms with Gasteiger partial charge in [-0.05, 0) is 57.0 Å². The van der Waals surface area contributed by atoms with Crippen LogP contribution in [0.4, 0.5) is 0 Å². The Bertz CT molecular complexity index is 415. The van der Waals surface area contributed by atoms with Crippen LogP contribution in [0.25, 0.3) is 0 Å². The van der Waals surface area contributed by atoms with Crippen LogP contribution in [0.1, 0.15) is 35.6 Å². The molecule has 0 bridgehead atoms. The molecule has 1 aromatic carbocycles. The molecule has 3 heteroatoms. The van der Waals surface area contributed by atoms with Gasteiger partial charge in [-0.25, -0.2) is 0 Å². The van der Waals surface area contributed by atoms with Gasteiger partial charge in [-0.3, -0.25) is 0 Å². The van der Waals surface area contributed by atoms with Crippen LogP contribution in [-0.2, 0) is 0 Å². The van der Waals surface area contributed by atoms with E-state index in [4.69, 9.17) is 10.5 Å². The van der Waals surface area contributed by atoms with E-state index in [1.165, 1.54) is 29.5 Å². The van der Waals surface area contributed by atoms with E-state index in [1.807, 2.05) is 7.05 Å². The van der Waals surface area contributed by atoms with Gasteiger partial charge in [0.2, 0.25) is 0 Å². The first-order chi connectivity index (χ1) is 8.57. The molecule has 0 spiro atoms. The van der Waals surface area contributed by atoms with Gasteiger partial charge in [-0.1, -0.05) is 12.1 Å². The maximum absolute atomic E-state index is 5.95. The van der Waals surface area contributed by atoms with Crippen molar-refractivity contribution in [3.63, 3.8) is 0 Å². The predicted molar refractivity (Wildman–Crippen MR) is 75.0 cm³/mol. The van der Waals surface area contributed by atoms with Crippen LogP contribution in [0.15, 0.2) is 12.1 Å². The van der Waals surface area contributed by atoms with Crippen molar-refractivity contribution < 1.29 is 4.74 Å². The second kappa shape index (κ2) is 4.90. The summed E-state index contributed by atoms with van der Waals surface area (Å²) in [5, 5.41) is 3.44. The first kappa shape index (κ1) is 13.4.